The summed E-state index contributed by atoms with van der Waals surface area (Å²) in [5, 5.41) is 2.18. The van der Waals surface area contributed by atoms with Gasteiger partial charge in [-0.15, -0.1) is 0 Å². The number of hydrogen-bond acceptors (Lipinski definition) is 4. The minimum absolute atomic E-state index is 0.226. The monoisotopic (exact) mass is 266 g/mol. The first-order valence-electron chi connectivity index (χ1n) is 7.35. The molecule has 19 heavy (non-hydrogen) atoms. The normalized spacial score (nSPS) is 26.7. The van der Waals surface area contributed by atoms with Crippen molar-refractivity contribution >= 4 is 7.12 Å². The van der Waals surface area contributed by atoms with Crippen LogP contribution in [0.1, 0.15) is 54.4 Å². The Morgan fingerprint density at radius 1 is 1.32 bits per heavy atom. The highest BCUT2D eigenvalue weighted by molar-refractivity contribution is 6.54. The molecule has 0 bridgehead atoms. The van der Waals surface area contributed by atoms with Gasteiger partial charge in [-0.1, -0.05) is 13.3 Å². The summed E-state index contributed by atoms with van der Waals surface area (Å²) in [6.07, 6.45) is 4.53. The second-order valence-corrected chi connectivity index (χ2v) is 6.67. The summed E-state index contributed by atoms with van der Waals surface area (Å²) in [5.74, 6) is 0. The van der Waals surface area contributed by atoms with E-state index < -0.39 is 0 Å². The molecule has 1 N–H and O–H groups in total. The molecule has 2 heterocycles. The van der Waals surface area contributed by atoms with E-state index in [1.165, 1.54) is 18.3 Å². The van der Waals surface area contributed by atoms with Crippen molar-refractivity contribution < 1.29 is 9.31 Å². The zero-order valence-corrected chi connectivity index (χ0v) is 13.1. The van der Waals surface area contributed by atoms with Gasteiger partial charge in [0.2, 0.25) is 0 Å². The average molecular weight is 266 g/mol. The molecule has 1 atom stereocenters. The van der Waals surface area contributed by atoms with Crippen molar-refractivity contribution in [3.8, 4) is 0 Å². The van der Waals surface area contributed by atoms with Gasteiger partial charge in [0.15, 0.2) is 0 Å². The van der Waals surface area contributed by atoms with Crippen LogP contribution in [0.5, 0.6) is 0 Å². The molecule has 1 fully saturated rings. The van der Waals surface area contributed by atoms with Crippen LogP contribution in [0.25, 0.3) is 0 Å². The summed E-state index contributed by atoms with van der Waals surface area (Å²) in [4.78, 5) is 0. The smallest absolute Gasteiger partial charge is 0.399 e. The van der Waals surface area contributed by atoms with Crippen molar-refractivity contribution in [2.24, 2.45) is 0 Å². The fourth-order valence-corrected chi connectivity index (χ4v) is 2.43. The molecule has 0 aromatic heterocycles. The minimum atomic E-state index is -0.263. The van der Waals surface area contributed by atoms with Crippen LogP contribution >= 0.6 is 0 Å². The lowest BCUT2D eigenvalue weighted by atomic mass is 9.79. The Kier molecular flexibility index (Phi) is 4.01. The first-order chi connectivity index (χ1) is 8.77. The van der Waals surface area contributed by atoms with Gasteiger partial charge in [-0.3, -0.25) is 0 Å². The molecule has 4 nitrogen and oxygen atoms in total. The highest BCUT2D eigenvalue weighted by atomic mass is 16.7. The maximum absolute atomic E-state index is 6.08. The van der Waals surface area contributed by atoms with Crippen LogP contribution in [0.2, 0.25) is 0 Å². The zero-order chi connectivity index (χ0) is 14.3. The maximum atomic E-state index is 6.08. The fraction of sp³-hybridized carbons (Fsp3) is 0.857. The average Bonchev–Trinajstić information content (AvgIpc) is 2.83. The molecule has 5 heteroatoms. The van der Waals surface area contributed by atoms with Crippen LogP contribution in [0.4, 0.5) is 0 Å². The third-order valence-electron chi connectivity index (χ3n) is 4.51. The van der Waals surface area contributed by atoms with E-state index in [0.717, 1.165) is 6.54 Å². The van der Waals surface area contributed by atoms with Crippen LogP contribution in [0, 0.1) is 0 Å². The number of hydrogen-bond donors (Lipinski definition) is 1. The Balaban J connectivity index is 2.03. The van der Waals surface area contributed by atoms with E-state index in [9.17, 15) is 0 Å². The third-order valence-corrected chi connectivity index (χ3v) is 4.51. The molecule has 0 spiro atoms. The second-order valence-electron chi connectivity index (χ2n) is 6.67. The quantitative estimate of drug-likeness (QED) is 0.793. The first-order valence-corrected chi connectivity index (χ1v) is 7.35. The van der Waals surface area contributed by atoms with Crippen molar-refractivity contribution in [3.63, 3.8) is 0 Å². The summed E-state index contributed by atoms with van der Waals surface area (Å²) in [6, 6.07) is 0.505. The molecule has 1 saturated heterocycles. The third kappa shape index (κ3) is 2.83. The van der Waals surface area contributed by atoms with E-state index in [-0.39, 0.29) is 18.3 Å². The van der Waals surface area contributed by atoms with Crippen molar-refractivity contribution in [1.82, 2.24) is 10.4 Å². The van der Waals surface area contributed by atoms with Gasteiger partial charge in [0.05, 0.1) is 11.2 Å². The standard InChI is InChI=1S/C14H27BN2O2/c1-7-8-11(2)17-10-12(9-16-17)15-18-13(3,4)14(5,6)19-15/h10-11,16H,7-9H2,1-6H3. The molecular weight excluding hydrogens is 239 g/mol. The lowest BCUT2D eigenvalue weighted by molar-refractivity contribution is 0.00578. The molecular formula is C14H27BN2O2. The van der Waals surface area contributed by atoms with E-state index in [2.05, 4.69) is 58.2 Å². The summed E-state index contributed by atoms with van der Waals surface area (Å²) >= 11 is 0. The number of nitrogens with one attached hydrogen (secondary N) is 1. The Morgan fingerprint density at radius 3 is 2.42 bits per heavy atom. The minimum Gasteiger partial charge on any atom is -0.399 e. The SMILES string of the molecule is CCCC(C)N1C=C(B2OC(C)(C)C(C)(C)O2)CN1. The lowest BCUT2D eigenvalue weighted by Gasteiger charge is -2.32. The molecule has 0 aromatic rings. The molecule has 0 radical (unpaired) electrons. The molecule has 2 rings (SSSR count). The highest BCUT2D eigenvalue weighted by Gasteiger charge is 2.52. The van der Waals surface area contributed by atoms with Gasteiger partial charge in [0, 0.05) is 18.8 Å². The van der Waals surface area contributed by atoms with Crippen LogP contribution in [0.15, 0.2) is 11.7 Å². The zero-order valence-electron chi connectivity index (χ0n) is 13.1. The molecule has 1 unspecified atom stereocenters. The molecule has 0 saturated carbocycles. The summed E-state index contributed by atoms with van der Waals surface area (Å²) in [7, 11) is -0.226. The maximum Gasteiger partial charge on any atom is 0.493 e. The largest absolute Gasteiger partial charge is 0.493 e. The van der Waals surface area contributed by atoms with E-state index in [4.69, 9.17) is 9.31 Å². The lowest BCUT2D eigenvalue weighted by Crippen LogP contribution is -2.41. The van der Waals surface area contributed by atoms with Gasteiger partial charge in [-0.05, 0) is 46.5 Å². The summed E-state index contributed by atoms with van der Waals surface area (Å²) in [6.45, 7) is 13.6. The van der Waals surface area contributed by atoms with Gasteiger partial charge in [-0.2, -0.15) is 0 Å². The van der Waals surface area contributed by atoms with Gasteiger partial charge in [0.1, 0.15) is 0 Å². The summed E-state index contributed by atoms with van der Waals surface area (Å²) in [5.41, 5.74) is 4.06. The number of hydrazine groups is 1. The molecule has 2 aliphatic rings. The van der Waals surface area contributed by atoms with Gasteiger partial charge >= 0.3 is 7.12 Å². The molecule has 0 amide bonds. The van der Waals surface area contributed by atoms with Crippen LogP contribution in [-0.4, -0.2) is 35.9 Å². The highest BCUT2D eigenvalue weighted by Crippen LogP contribution is 2.38. The van der Waals surface area contributed by atoms with Crippen molar-refractivity contribution in [3.05, 3.63) is 11.7 Å². The first kappa shape index (κ1) is 14.9. The van der Waals surface area contributed by atoms with Crippen molar-refractivity contribution in [2.75, 3.05) is 6.54 Å². The van der Waals surface area contributed by atoms with Crippen LogP contribution < -0.4 is 5.43 Å². The van der Waals surface area contributed by atoms with E-state index in [0.29, 0.717) is 6.04 Å². The number of rotatable bonds is 4. The topological polar surface area (TPSA) is 33.7 Å². The Hall–Kier alpha value is -0.515. The van der Waals surface area contributed by atoms with E-state index in [1.54, 1.807) is 0 Å². The van der Waals surface area contributed by atoms with Crippen LogP contribution in [0.3, 0.4) is 0 Å². The Bertz CT molecular complexity index is 352. The van der Waals surface area contributed by atoms with Crippen molar-refractivity contribution in [2.45, 2.75) is 71.6 Å². The Morgan fingerprint density at radius 2 is 1.89 bits per heavy atom. The van der Waals surface area contributed by atoms with Gasteiger partial charge in [0.25, 0.3) is 0 Å². The fourth-order valence-electron chi connectivity index (χ4n) is 2.43. The predicted octanol–water partition coefficient (Wildman–Crippen LogP) is 2.51. The van der Waals surface area contributed by atoms with Gasteiger partial charge < -0.3 is 14.3 Å². The molecule has 2 aliphatic heterocycles. The van der Waals surface area contributed by atoms with E-state index >= 15 is 0 Å². The van der Waals surface area contributed by atoms with Crippen molar-refractivity contribution in [1.29, 1.82) is 0 Å². The van der Waals surface area contributed by atoms with E-state index in [1.807, 2.05) is 0 Å². The summed E-state index contributed by atoms with van der Waals surface area (Å²) < 4.78 is 12.2. The second kappa shape index (κ2) is 5.11. The predicted molar refractivity (Wildman–Crippen MR) is 78.4 cm³/mol. The number of nitrogens with zero attached hydrogens (tertiary/aromatic N) is 1. The Labute approximate surface area is 117 Å². The molecule has 0 aliphatic carbocycles. The molecule has 108 valence electrons. The van der Waals surface area contributed by atoms with Gasteiger partial charge in [-0.25, -0.2) is 5.43 Å². The molecule has 0 aromatic carbocycles. The van der Waals surface area contributed by atoms with Crippen LogP contribution in [-0.2, 0) is 9.31 Å².